The molecule has 2 rings (SSSR count). The Kier molecular flexibility index (Phi) is 4.90. The van der Waals surface area contributed by atoms with Gasteiger partial charge in [-0.25, -0.2) is 22.5 Å². The van der Waals surface area contributed by atoms with Crippen LogP contribution in [0.3, 0.4) is 0 Å². The number of benzene rings is 1. The van der Waals surface area contributed by atoms with Gasteiger partial charge in [0.05, 0.1) is 15.7 Å². The van der Waals surface area contributed by atoms with Gasteiger partial charge in [0.1, 0.15) is 5.82 Å². The number of aromatic nitrogens is 2. The Balaban J connectivity index is 1.92. The van der Waals surface area contributed by atoms with Crippen molar-refractivity contribution in [2.75, 3.05) is 6.54 Å². The lowest BCUT2D eigenvalue weighted by atomic mass is 10.3. The van der Waals surface area contributed by atoms with Crippen molar-refractivity contribution in [1.82, 2.24) is 14.3 Å². The molecule has 0 saturated carbocycles. The third-order valence-electron chi connectivity index (χ3n) is 2.65. The first kappa shape index (κ1) is 15.1. The van der Waals surface area contributed by atoms with Gasteiger partial charge in [-0.15, -0.1) is 0 Å². The molecule has 0 saturated heterocycles. The van der Waals surface area contributed by atoms with Gasteiger partial charge in [0, 0.05) is 25.5 Å². The van der Waals surface area contributed by atoms with E-state index in [1.807, 2.05) is 4.57 Å². The molecule has 8 heteroatoms. The fourth-order valence-corrected chi connectivity index (χ4v) is 2.95. The molecule has 0 radical (unpaired) electrons. The van der Waals surface area contributed by atoms with Gasteiger partial charge >= 0.3 is 0 Å². The highest BCUT2D eigenvalue weighted by atomic mass is 79.9. The third kappa shape index (κ3) is 3.87. The van der Waals surface area contributed by atoms with E-state index >= 15 is 0 Å². The van der Waals surface area contributed by atoms with Crippen molar-refractivity contribution in [3.8, 4) is 0 Å². The second-order valence-electron chi connectivity index (χ2n) is 4.13. The number of aryl methyl sites for hydroxylation is 1. The Hall–Kier alpha value is -1.25. The summed E-state index contributed by atoms with van der Waals surface area (Å²) in [6, 6.07) is 3.71. The summed E-state index contributed by atoms with van der Waals surface area (Å²) in [5.74, 6) is -0.605. The lowest BCUT2D eigenvalue weighted by Crippen LogP contribution is -2.25. The minimum absolute atomic E-state index is 0.0826. The molecule has 0 atom stereocenters. The Morgan fingerprint density at radius 1 is 1.40 bits per heavy atom. The fourth-order valence-electron chi connectivity index (χ4n) is 1.61. The van der Waals surface area contributed by atoms with Gasteiger partial charge in [0.2, 0.25) is 10.0 Å². The lowest BCUT2D eigenvalue weighted by molar-refractivity contribution is 0.566. The summed E-state index contributed by atoms with van der Waals surface area (Å²) in [7, 11) is -3.68. The van der Waals surface area contributed by atoms with E-state index in [0.717, 1.165) is 6.07 Å². The molecule has 0 bridgehead atoms. The number of nitrogens with one attached hydrogen (secondary N) is 1. The van der Waals surface area contributed by atoms with Crippen LogP contribution in [0.5, 0.6) is 0 Å². The van der Waals surface area contributed by atoms with Crippen LogP contribution in [0.2, 0.25) is 0 Å². The predicted octanol–water partition coefficient (Wildman–Crippen LogP) is 2.15. The van der Waals surface area contributed by atoms with E-state index in [0.29, 0.717) is 13.0 Å². The van der Waals surface area contributed by atoms with Crippen LogP contribution in [-0.2, 0) is 16.6 Å². The largest absolute Gasteiger partial charge is 0.337 e. The number of sulfonamides is 1. The third-order valence-corrected chi connectivity index (χ3v) is 4.75. The van der Waals surface area contributed by atoms with E-state index in [2.05, 4.69) is 25.6 Å². The van der Waals surface area contributed by atoms with E-state index in [9.17, 15) is 12.8 Å². The van der Waals surface area contributed by atoms with Crippen molar-refractivity contribution in [3.63, 3.8) is 0 Å². The smallest absolute Gasteiger partial charge is 0.240 e. The Morgan fingerprint density at radius 2 is 2.20 bits per heavy atom. The van der Waals surface area contributed by atoms with Crippen molar-refractivity contribution in [2.45, 2.75) is 17.9 Å². The summed E-state index contributed by atoms with van der Waals surface area (Å²) >= 11 is 2.98. The van der Waals surface area contributed by atoms with Gasteiger partial charge < -0.3 is 4.57 Å². The number of hydrogen-bond donors (Lipinski definition) is 1. The average molecular weight is 362 g/mol. The van der Waals surface area contributed by atoms with Crippen molar-refractivity contribution in [2.24, 2.45) is 0 Å². The summed E-state index contributed by atoms with van der Waals surface area (Å²) in [6.07, 6.45) is 5.75. The fraction of sp³-hybridized carbons (Fsp3) is 0.250. The molecule has 108 valence electrons. The van der Waals surface area contributed by atoms with E-state index in [-0.39, 0.29) is 15.9 Å². The van der Waals surface area contributed by atoms with Crippen molar-refractivity contribution in [1.29, 1.82) is 0 Å². The van der Waals surface area contributed by atoms with Gasteiger partial charge in [0.25, 0.3) is 0 Å². The number of hydrogen-bond acceptors (Lipinski definition) is 3. The molecule has 0 aliphatic rings. The first-order valence-electron chi connectivity index (χ1n) is 5.89. The van der Waals surface area contributed by atoms with Gasteiger partial charge in [-0.2, -0.15) is 0 Å². The van der Waals surface area contributed by atoms with Crippen molar-refractivity contribution in [3.05, 3.63) is 47.2 Å². The minimum Gasteiger partial charge on any atom is -0.337 e. The Morgan fingerprint density at radius 3 is 2.85 bits per heavy atom. The highest BCUT2D eigenvalue weighted by Crippen LogP contribution is 2.19. The van der Waals surface area contributed by atoms with E-state index in [1.54, 1.807) is 18.7 Å². The first-order chi connectivity index (χ1) is 9.49. The maximum absolute atomic E-state index is 13.3. The van der Waals surface area contributed by atoms with Crippen LogP contribution in [0.4, 0.5) is 4.39 Å². The van der Waals surface area contributed by atoms with Crippen molar-refractivity contribution >= 4 is 26.0 Å². The van der Waals surface area contributed by atoms with Gasteiger partial charge in [-0.3, -0.25) is 0 Å². The first-order valence-corrected chi connectivity index (χ1v) is 8.17. The minimum atomic E-state index is -3.68. The second-order valence-corrected chi connectivity index (χ2v) is 6.75. The zero-order valence-electron chi connectivity index (χ0n) is 10.5. The van der Waals surface area contributed by atoms with Gasteiger partial charge in [-0.1, -0.05) is 0 Å². The van der Waals surface area contributed by atoms with Gasteiger partial charge in [0.15, 0.2) is 0 Å². The standard InChI is InChI=1S/C12H13BrFN3O2S/c13-11-3-2-10(8-12(11)14)20(18,19)16-4-1-6-17-7-5-15-9-17/h2-3,5,7-9,16H,1,4,6H2. The van der Waals surface area contributed by atoms with Crippen LogP contribution in [0.15, 0.2) is 46.3 Å². The molecule has 1 heterocycles. The lowest BCUT2D eigenvalue weighted by Gasteiger charge is -2.07. The van der Waals surface area contributed by atoms with E-state index in [4.69, 9.17) is 0 Å². The molecule has 5 nitrogen and oxygen atoms in total. The molecule has 0 fully saturated rings. The summed E-state index contributed by atoms with van der Waals surface area (Å²) in [5, 5.41) is 0. The number of rotatable bonds is 6. The van der Waals surface area contributed by atoms with Crippen LogP contribution in [0, 0.1) is 5.82 Å². The molecule has 0 spiro atoms. The molecule has 1 aromatic heterocycles. The maximum Gasteiger partial charge on any atom is 0.240 e. The molecule has 20 heavy (non-hydrogen) atoms. The number of imidazole rings is 1. The number of nitrogens with zero attached hydrogens (tertiary/aromatic N) is 2. The highest BCUT2D eigenvalue weighted by molar-refractivity contribution is 9.10. The molecular weight excluding hydrogens is 349 g/mol. The molecular formula is C12H13BrFN3O2S. The highest BCUT2D eigenvalue weighted by Gasteiger charge is 2.15. The second kappa shape index (κ2) is 6.47. The van der Waals surface area contributed by atoms with E-state index in [1.165, 1.54) is 12.1 Å². The molecule has 2 aromatic rings. The van der Waals surface area contributed by atoms with Crippen LogP contribution < -0.4 is 4.72 Å². The zero-order valence-corrected chi connectivity index (χ0v) is 12.9. The summed E-state index contributed by atoms with van der Waals surface area (Å²) in [5.41, 5.74) is 0. The predicted molar refractivity (Wildman–Crippen MR) is 76.1 cm³/mol. The molecule has 0 unspecified atom stereocenters. The molecule has 1 N–H and O–H groups in total. The molecule has 0 amide bonds. The van der Waals surface area contributed by atoms with Crippen LogP contribution >= 0.6 is 15.9 Å². The summed E-state index contributed by atoms with van der Waals surface area (Å²) in [4.78, 5) is 3.81. The SMILES string of the molecule is O=S(=O)(NCCCn1ccnc1)c1ccc(Br)c(F)c1. The molecule has 1 aromatic carbocycles. The van der Waals surface area contributed by atoms with Crippen LogP contribution in [0.25, 0.3) is 0 Å². The van der Waals surface area contributed by atoms with Crippen molar-refractivity contribution < 1.29 is 12.8 Å². The van der Waals surface area contributed by atoms with Crippen LogP contribution in [-0.4, -0.2) is 24.5 Å². The topological polar surface area (TPSA) is 64.0 Å². The quantitative estimate of drug-likeness (QED) is 0.801. The summed E-state index contributed by atoms with van der Waals surface area (Å²) in [6.45, 7) is 0.940. The van der Waals surface area contributed by atoms with Gasteiger partial charge in [-0.05, 0) is 40.5 Å². The molecule has 0 aliphatic carbocycles. The number of halogens is 2. The zero-order chi connectivity index (χ0) is 14.6. The monoisotopic (exact) mass is 361 g/mol. The Labute approximate surface area is 125 Å². The normalized spacial score (nSPS) is 11.7. The van der Waals surface area contributed by atoms with E-state index < -0.39 is 15.8 Å². The average Bonchev–Trinajstić information content (AvgIpc) is 2.91. The maximum atomic E-state index is 13.3. The molecule has 0 aliphatic heterocycles. The summed E-state index contributed by atoms with van der Waals surface area (Å²) < 4.78 is 41.8. The Bertz CT molecular complexity index is 674. The van der Waals surface area contributed by atoms with Crippen LogP contribution in [0.1, 0.15) is 6.42 Å².